The zero-order chi connectivity index (χ0) is 25.1. The van der Waals surface area contributed by atoms with Crippen molar-refractivity contribution < 1.29 is 33.3 Å². The first-order valence-corrected chi connectivity index (χ1v) is 12.0. The Bertz CT molecular complexity index is 827. The van der Waals surface area contributed by atoms with E-state index in [0.717, 1.165) is 32.1 Å². The van der Waals surface area contributed by atoms with Gasteiger partial charge in [0.25, 0.3) is 5.91 Å². The van der Waals surface area contributed by atoms with E-state index in [2.05, 4.69) is 24.1 Å². The van der Waals surface area contributed by atoms with Crippen molar-refractivity contribution in [1.29, 1.82) is 0 Å². The Morgan fingerprint density at radius 2 is 1.97 bits per heavy atom. The molecule has 2 rings (SSSR count). The topological polar surface area (TPSA) is 113 Å². The van der Waals surface area contributed by atoms with Gasteiger partial charge in [-0.1, -0.05) is 33.1 Å². The highest BCUT2D eigenvalue weighted by atomic mass is 16.6. The van der Waals surface area contributed by atoms with E-state index in [4.69, 9.17) is 18.9 Å². The Morgan fingerprint density at radius 3 is 2.65 bits per heavy atom. The Balaban J connectivity index is 2.14. The number of pyridine rings is 1. The Morgan fingerprint density at radius 1 is 1.24 bits per heavy atom. The van der Waals surface area contributed by atoms with Crippen LogP contribution in [0.3, 0.4) is 0 Å². The van der Waals surface area contributed by atoms with Crippen molar-refractivity contribution in [2.45, 2.75) is 77.9 Å². The summed E-state index contributed by atoms with van der Waals surface area (Å²) >= 11 is 0. The first-order chi connectivity index (χ1) is 16.3. The van der Waals surface area contributed by atoms with Crippen LogP contribution in [0.2, 0.25) is 0 Å². The molecule has 1 aliphatic heterocycles. The third-order valence-electron chi connectivity index (χ3n) is 6.02. The normalized spacial score (nSPS) is 21.1. The lowest BCUT2D eigenvalue weighted by atomic mass is 9.89. The molecule has 0 bridgehead atoms. The number of aromatic nitrogens is 1. The van der Waals surface area contributed by atoms with Gasteiger partial charge in [0, 0.05) is 19.4 Å². The molecule has 3 atom stereocenters. The molecule has 9 nitrogen and oxygen atoms in total. The first kappa shape index (κ1) is 27.6. The fraction of sp³-hybridized carbons (Fsp3) is 0.680. The molecule has 0 aliphatic carbocycles. The van der Waals surface area contributed by atoms with E-state index >= 15 is 0 Å². The summed E-state index contributed by atoms with van der Waals surface area (Å²) in [5.41, 5.74) is -0.138. The van der Waals surface area contributed by atoms with E-state index in [1.54, 1.807) is 0 Å². The lowest BCUT2D eigenvalue weighted by molar-refractivity contribution is -0.153. The Kier molecular flexibility index (Phi) is 11.3. The maximum absolute atomic E-state index is 13.1. The number of ether oxygens (including phenoxy) is 4. The van der Waals surface area contributed by atoms with Gasteiger partial charge in [-0.3, -0.25) is 9.59 Å². The minimum Gasteiger partial charge on any atom is -0.493 e. The summed E-state index contributed by atoms with van der Waals surface area (Å²) in [6.45, 7) is 6.47. The summed E-state index contributed by atoms with van der Waals surface area (Å²) < 4.78 is 21.3. The van der Waals surface area contributed by atoms with Crippen LogP contribution >= 0.6 is 0 Å². The molecule has 1 amide bonds. The summed E-state index contributed by atoms with van der Waals surface area (Å²) in [7, 11) is 2.87. The van der Waals surface area contributed by atoms with Gasteiger partial charge in [-0.05, 0) is 38.0 Å². The molecular weight excluding hydrogens is 440 g/mol. The van der Waals surface area contributed by atoms with E-state index in [0.29, 0.717) is 18.3 Å². The van der Waals surface area contributed by atoms with Crippen LogP contribution in [0.1, 0.15) is 76.2 Å². The number of amides is 1. The van der Waals surface area contributed by atoms with Crippen molar-refractivity contribution in [2.24, 2.45) is 11.8 Å². The number of rotatable bonds is 10. The molecule has 1 fully saturated rings. The van der Waals surface area contributed by atoms with Crippen molar-refractivity contribution in [1.82, 2.24) is 10.3 Å². The first-order valence-electron chi connectivity index (χ1n) is 12.0. The monoisotopic (exact) mass is 478 g/mol. The van der Waals surface area contributed by atoms with Crippen molar-refractivity contribution in [3.8, 4) is 11.5 Å². The molecule has 0 spiro atoms. The molecular formula is C25H38N2O7. The standard InChI is InChI=1S/C25H38N2O7/c1-16(2)10-11-18-8-6-7-9-19(25(30)33-17(18)3)27-24(29)22-23(20(32-5)12-14-26-22)34-21(28)13-15-31-4/h12,14,16-19H,6-11,13,15H2,1-5H3,(H,27,29)/t17-,18-,19-/m0/s1. The third kappa shape index (κ3) is 8.27. The maximum atomic E-state index is 13.1. The molecule has 0 radical (unpaired) electrons. The van der Waals surface area contributed by atoms with Crippen LogP contribution in [0, 0.1) is 11.8 Å². The fourth-order valence-corrected chi connectivity index (χ4v) is 3.96. The molecule has 1 aliphatic rings. The number of methoxy groups -OCH3 is 2. The average Bonchev–Trinajstić information content (AvgIpc) is 2.86. The second-order valence-electron chi connectivity index (χ2n) is 9.09. The Labute approximate surface area is 201 Å². The number of nitrogens with zero attached hydrogens (tertiary/aromatic N) is 1. The summed E-state index contributed by atoms with van der Waals surface area (Å²) in [5, 5.41) is 2.73. The van der Waals surface area contributed by atoms with Crippen LogP contribution in [-0.4, -0.2) is 55.8 Å². The van der Waals surface area contributed by atoms with Crippen LogP contribution in [0.5, 0.6) is 11.5 Å². The second-order valence-corrected chi connectivity index (χ2v) is 9.09. The average molecular weight is 479 g/mol. The van der Waals surface area contributed by atoms with Gasteiger partial charge in [0.05, 0.1) is 20.1 Å². The molecule has 190 valence electrons. The highest BCUT2D eigenvalue weighted by Gasteiger charge is 2.31. The SMILES string of the molecule is COCCC(=O)Oc1c(OC)ccnc1C(=O)N[C@H]1CCCC[C@@H](CCC(C)C)[C@H](C)OC1=O. The van der Waals surface area contributed by atoms with Crippen molar-refractivity contribution in [3.63, 3.8) is 0 Å². The number of hydrogen-bond donors (Lipinski definition) is 1. The number of carbonyl (C=O) groups is 3. The fourth-order valence-electron chi connectivity index (χ4n) is 3.96. The van der Waals surface area contributed by atoms with Crippen LogP contribution in [0.25, 0.3) is 0 Å². The minimum absolute atomic E-state index is 0.000419. The number of esters is 2. The van der Waals surface area contributed by atoms with E-state index in [9.17, 15) is 14.4 Å². The zero-order valence-electron chi connectivity index (χ0n) is 20.9. The number of cyclic esters (lactones) is 1. The smallest absolute Gasteiger partial charge is 0.328 e. The third-order valence-corrected chi connectivity index (χ3v) is 6.02. The molecule has 34 heavy (non-hydrogen) atoms. The predicted molar refractivity (Wildman–Crippen MR) is 126 cm³/mol. The molecule has 0 unspecified atom stereocenters. The van der Waals surface area contributed by atoms with E-state index < -0.39 is 23.9 Å². The van der Waals surface area contributed by atoms with Gasteiger partial charge in [0.2, 0.25) is 5.75 Å². The van der Waals surface area contributed by atoms with Crippen LogP contribution in [0.4, 0.5) is 0 Å². The molecule has 1 saturated heterocycles. The van der Waals surface area contributed by atoms with Gasteiger partial charge in [-0.25, -0.2) is 9.78 Å². The summed E-state index contributed by atoms with van der Waals surface area (Å²) in [5.74, 6) is -0.704. The van der Waals surface area contributed by atoms with Crippen LogP contribution in [-0.2, 0) is 19.1 Å². The van der Waals surface area contributed by atoms with Gasteiger partial charge in [-0.15, -0.1) is 0 Å². The Hall–Kier alpha value is -2.68. The number of hydrogen-bond acceptors (Lipinski definition) is 8. The largest absolute Gasteiger partial charge is 0.493 e. The summed E-state index contributed by atoms with van der Waals surface area (Å²) in [4.78, 5) is 42.2. The van der Waals surface area contributed by atoms with Crippen LogP contribution in [0.15, 0.2) is 12.3 Å². The molecule has 0 saturated carbocycles. The van der Waals surface area contributed by atoms with Crippen molar-refractivity contribution in [2.75, 3.05) is 20.8 Å². The van der Waals surface area contributed by atoms with Gasteiger partial charge in [-0.2, -0.15) is 0 Å². The highest BCUT2D eigenvalue weighted by Crippen LogP contribution is 2.30. The van der Waals surface area contributed by atoms with Gasteiger partial charge < -0.3 is 24.3 Å². The highest BCUT2D eigenvalue weighted by molar-refractivity contribution is 5.98. The minimum atomic E-state index is -0.816. The van der Waals surface area contributed by atoms with E-state index in [1.165, 1.54) is 26.5 Å². The van der Waals surface area contributed by atoms with Crippen molar-refractivity contribution >= 4 is 17.8 Å². The number of nitrogens with one attached hydrogen (secondary N) is 1. The quantitative estimate of drug-likeness (QED) is 0.507. The van der Waals surface area contributed by atoms with E-state index in [-0.39, 0.29) is 36.3 Å². The summed E-state index contributed by atoms with van der Waals surface area (Å²) in [6, 6.07) is 0.673. The number of carbonyl (C=O) groups excluding carboxylic acids is 3. The molecule has 0 aromatic carbocycles. The molecule has 9 heteroatoms. The lowest BCUT2D eigenvalue weighted by Crippen LogP contribution is -2.43. The molecule has 2 heterocycles. The molecule has 1 aromatic heterocycles. The molecule has 1 N–H and O–H groups in total. The lowest BCUT2D eigenvalue weighted by Gasteiger charge is -2.25. The predicted octanol–water partition coefficient (Wildman–Crippen LogP) is 3.69. The second kappa shape index (κ2) is 13.9. The van der Waals surface area contributed by atoms with Gasteiger partial charge >= 0.3 is 11.9 Å². The molecule has 1 aromatic rings. The zero-order valence-corrected chi connectivity index (χ0v) is 20.9. The van der Waals surface area contributed by atoms with Gasteiger partial charge in [0.1, 0.15) is 12.1 Å². The summed E-state index contributed by atoms with van der Waals surface area (Å²) in [6.07, 6.45) is 6.43. The van der Waals surface area contributed by atoms with E-state index in [1.807, 2.05) is 6.92 Å². The van der Waals surface area contributed by atoms with Gasteiger partial charge in [0.15, 0.2) is 11.4 Å². The van der Waals surface area contributed by atoms with Crippen molar-refractivity contribution in [3.05, 3.63) is 18.0 Å². The van der Waals surface area contributed by atoms with Crippen LogP contribution < -0.4 is 14.8 Å². The maximum Gasteiger partial charge on any atom is 0.328 e.